The van der Waals surface area contributed by atoms with Gasteiger partial charge in [0, 0.05) is 17.2 Å². The van der Waals surface area contributed by atoms with Crippen molar-refractivity contribution in [2.45, 2.75) is 46.0 Å². The second-order valence-electron chi connectivity index (χ2n) is 7.88. The summed E-state index contributed by atoms with van der Waals surface area (Å²) in [6, 6.07) is 20.9. The maximum Gasteiger partial charge on any atom is 0.155 e. The highest BCUT2D eigenvalue weighted by molar-refractivity contribution is 5.68. The number of nitrogens with zero attached hydrogens (tertiary/aromatic N) is 2. The van der Waals surface area contributed by atoms with Crippen LogP contribution in [-0.2, 0) is 0 Å². The highest BCUT2D eigenvalue weighted by Crippen LogP contribution is 2.33. The maximum atomic E-state index is 5.02. The first kappa shape index (κ1) is 22.4. The van der Waals surface area contributed by atoms with E-state index in [1.807, 2.05) is 18.2 Å². The van der Waals surface area contributed by atoms with Crippen LogP contribution in [0.15, 0.2) is 86.0 Å². The number of benzene rings is 2. The van der Waals surface area contributed by atoms with Crippen LogP contribution in [-0.4, -0.2) is 9.97 Å². The van der Waals surface area contributed by atoms with E-state index in [0.29, 0.717) is 0 Å². The lowest BCUT2D eigenvalue weighted by atomic mass is 9.89. The molecule has 0 aliphatic heterocycles. The molecule has 2 nitrogen and oxygen atoms in total. The lowest BCUT2D eigenvalue weighted by molar-refractivity contribution is 0.657. The molecule has 0 radical (unpaired) electrons. The summed E-state index contributed by atoms with van der Waals surface area (Å²) in [6.45, 7) is 14.8. The van der Waals surface area contributed by atoms with Crippen molar-refractivity contribution in [2.75, 3.05) is 0 Å². The van der Waals surface area contributed by atoms with Gasteiger partial charge in [-0.1, -0.05) is 93.8 Å². The van der Waals surface area contributed by atoms with Gasteiger partial charge in [0.2, 0.25) is 0 Å². The first-order valence-electron chi connectivity index (χ1n) is 11.1. The molecule has 0 saturated heterocycles. The minimum absolute atomic E-state index is 0.276. The van der Waals surface area contributed by atoms with Gasteiger partial charge in [-0.15, -0.1) is 0 Å². The Morgan fingerprint density at radius 1 is 1.00 bits per heavy atom. The Bertz CT molecular complexity index is 1080. The summed E-state index contributed by atoms with van der Waals surface area (Å²) < 4.78 is 0. The Kier molecular flexibility index (Phi) is 7.72. The summed E-state index contributed by atoms with van der Waals surface area (Å²) >= 11 is 0. The van der Waals surface area contributed by atoms with E-state index < -0.39 is 0 Å². The minimum Gasteiger partial charge on any atom is -0.233 e. The van der Waals surface area contributed by atoms with Crippen LogP contribution in [0.25, 0.3) is 22.4 Å². The van der Waals surface area contributed by atoms with Crippen LogP contribution in [0.1, 0.15) is 61.7 Å². The highest BCUT2D eigenvalue weighted by Gasteiger charge is 2.18. The van der Waals surface area contributed by atoms with Gasteiger partial charge in [-0.25, -0.2) is 9.97 Å². The highest BCUT2D eigenvalue weighted by atomic mass is 14.9. The van der Waals surface area contributed by atoms with E-state index in [1.54, 1.807) is 0 Å². The summed E-state index contributed by atoms with van der Waals surface area (Å²) in [6.07, 6.45) is 6.55. The monoisotopic (exact) mass is 408 g/mol. The van der Waals surface area contributed by atoms with Crippen LogP contribution in [0.4, 0.5) is 0 Å². The largest absolute Gasteiger partial charge is 0.233 e. The van der Waals surface area contributed by atoms with Crippen molar-refractivity contribution in [3.05, 3.63) is 109 Å². The zero-order chi connectivity index (χ0) is 22.2. The van der Waals surface area contributed by atoms with E-state index in [-0.39, 0.29) is 5.92 Å². The van der Waals surface area contributed by atoms with Crippen molar-refractivity contribution in [3.8, 4) is 11.3 Å². The number of aryl methyl sites for hydroxylation is 1. The van der Waals surface area contributed by atoms with E-state index in [0.717, 1.165) is 53.2 Å². The van der Waals surface area contributed by atoms with Crippen molar-refractivity contribution >= 4 is 11.1 Å². The molecule has 31 heavy (non-hydrogen) atoms. The molecule has 1 aromatic heterocycles. The molecule has 1 atom stereocenters. The van der Waals surface area contributed by atoms with Crippen molar-refractivity contribution in [1.82, 2.24) is 9.97 Å². The van der Waals surface area contributed by atoms with Crippen molar-refractivity contribution in [3.63, 3.8) is 0 Å². The van der Waals surface area contributed by atoms with Gasteiger partial charge in [-0.2, -0.15) is 0 Å². The topological polar surface area (TPSA) is 25.8 Å². The Labute approximate surface area is 187 Å². The van der Waals surface area contributed by atoms with E-state index >= 15 is 0 Å². The zero-order valence-corrected chi connectivity index (χ0v) is 18.9. The van der Waals surface area contributed by atoms with E-state index in [1.165, 1.54) is 11.1 Å². The number of allylic oxidation sites excluding steroid dienone is 4. The second kappa shape index (κ2) is 10.7. The quantitative estimate of drug-likeness (QED) is 0.335. The Morgan fingerprint density at radius 3 is 2.35 bits per heavy atom. The molecule has 0 aliphatic carbocycles. The van der Waals surface area contributed by atoms with Gasteiger partial charge >= 0.3 is 0 Å². The second-order valence-corrected chi connectivity index (χ2v) is 7.88. The minimum atomic E-state index is 0.276. The van der Waals surface area contributed by atoms with Crippen LogP contribution in [0, 0.1) is 6.92 Å². The smallest absolute Gasteiger partial charge is 0.155 e. The molecular formula is C29H32N2. The van der Waals surface area contributed by atoms with Gasteiger partial charge in [0.1, 0.15) is 0 Å². The number of hydrogen-bond acceptors (Lipinski definition) is 2. The average molecular weight is 409 g/mol. The molecule has 2 aromatic carbocycles. The predicted molar refractivity (Wildman–Crippen MR) is 134 cm³/mol. The summed E-state index contributed by atoms with van der Waals surface area (Å²) in [5.41, 5.74) is 7.89. The fraction of sp³-hybridized carbons (Fsp3) is 0.241. The van der Waals surface area contributed by atoms with Crippen molar-refractivity contribution in [1.29, 1.82) is 0 Å². The third-order valence-electron chi connectivity index (χ3n) is 5.73. The SMILES string of the molecule is C=CC=C(CC)c1nc(-c2ccccc2)cc(C(CC)CC(=C)c2ccccc2C)n1. The Balaban J connectivity index is 2.04. The molecule has 1 heterocycles. The zero-order valence-electron chi connectivity index (χ0n) is 18.9. The lowest BCUT2D eigenvalue weighted by Crippen LogP contribution is -2.07. The Morgan fingerprint density at radius 2 is 1.71 bits per heavy atom. The van der Waals surface area contributed by atoms with E-state index in [2.05, 4.69) is 88.5 Å². The number of rotatable bonds is 9. The number of aromatic nitrogens is 2. The van der Waals surface area contributed by atoms with Crippen LogP contribution in [0.5, 0.6) is 0 Å². The molecular weight excluding hydrogens is 376 g/mol. The normalized spacial score (nSPS) is 12.4. The molecule has 0 N–H and O–H groups in total. The molecule has 0 bridgehead atoms. The lowest BCUT2D eigenvalue weighted by Gasteiger charge is -2.19. The fourth-order valence-corrected chi connectivity index (χ4v) is 3.90. The Hall–Kier alpha value is -3.26. The molecule has 0 aliphatic rings. The summed E-state index contributed by atoms with van der Waals surface area (Å²) in [7, 11) is 0. The fourth-order valence-electron chi connectivity index (χ4n) is 3.90. The molecule has 3 aromatic rings. The van der Waals surface area contributed by atoms with Gasteiger partial charge in [0.15, 0.2) is 5.82 Å². The van der Waals surface area contributed by atoms with Crippen LogP contribution < -0.4 is 0 Å². The molecule has 158 valence electrons. The van der Waals surface area contributed by atoms with Gasteiger partial charge in [-0.05, 0) is 54.5 Å². The van der Waals surface area contributed by atoms with E-state index in [4.69, 9.17) is 9.97 Å². The van der Waals surface area contributed by atoms with Gasteiger partial charge in [0.05, 0.1) is 5.69 Å². The third-order valence-corrected chi connectivity index (χ3v) is 5.73. The summed E-state index contributed by atoms with van der Waals surface area (Å²) in [4.78, 5) is 9.93. The van der Waals surface area contributed by atoms with E-state index in [9.17, 15) is 0 Å². The predicted octanol–water partition coefficient (Wildman–Crippen LogP) is 8.03. The molecule has 0 saturated carbocycles. The van der Waals surface area contributed by atoms with Crippen molar-refractivity contribution < 1.29 is 0 Å². The molecule has 0 amide bonds. The molecule has 2 heteroatoms. The number of hydrogen-bond donors (Lipinski definition) is 0. The first-order valence-corrected chi connectivity index (χ1v) is 11.1. The molecule has 3 rings (SSSR count). The van der Waals surface area contributed by atoms with Crippen LogP contribution >= 0.6 is 0 Å². The van der Waals surface area contributed by atoms with Gasteiger partial charge in [-0.3, -0.25) is 0 Å². The maximum absolute atomic E-state index is 5.02. The van der Waals surface area contributed by atoms with Crippen LogP contribution in [0.3, 0.4) is 0 Å². The molecule has 1 unspecified atom stereocenters. The average Bonchev–Trinajstić information content (AvgIpc) is 2.81. The first-order chi connectivity index (χ1) is 15.1. The third kappa shape index (κ3) is 5.46. The molecule has 0 fully saturated rings. The van der Waals surface area contributed by atoms with Crippen LogP contribution in [0.2, 0.25) is 0 Å². The molecule has 0 spiro atoms. The standard InChI is InChI=1S/C29H32N2/c1-6-14-23(7-2)29-30-27(20-28(31-29)25-16-10-9-11-17-25)24(8-3)19-22(5)26-18-13-12-15-21(26)4/h6,9-18,20,24H,1,5,7-8,19H2,2-4H3. The summed E-state index contributed by atoms with van der Waals surface area (Å²) in [5, 5.41) is 0. The van der Waals surface area contributed by atoms with Gasteiger partial charge < -0.3 is 0 Å². The van der Waals surface area contributed by atoms with Crippen molar-refractivity contribution in [2.24, 2.45) is 0 Å². The summed E-state index contributed by atoms with van der Waals surface area (Å²) in [5.74, 6) is 1.07. The van der Waals surface area contributed by atoms with Gasteiger partial charge in [0.25, 0.3) is 0 Å².